The van der Waals surface area contributed by atoms with E-state index >= 15 is 0 Å². The molecule has 5 nitrogen and oxygen atoms in total. The van der Waals surface area contributed by atoms with Gasteiger partial charge in [0.15, 0.2) is 0 Å². The minimum absolute atomic E-state index is 0.0173. The first-order valence-corrected chi connectivity index (χ1v) is 6.89. The van der Waals surface area contributed by atoms with Gasteiger partial charge < -0.3 is 16.3 Å². The van der Waals surface area contributed by atoms with Crippen LogP contribution in [0, 0.1) is 5.92 Å². The minimum Gasteiger partial charge on any atom is -0.409 e. The van der Waals surface area contributed by atoms with Gasteiger partial charge in [0.05, 0.1) is 5.92 Å². The fraction of sp³-hybridized carbons (Fsp3) is 0.467. The van der Waals surface area contributed by atoms with Crippen molar-refractivity contribution in [1.82, 2.24) is 5.32 Å². The number of rotatable bonds is 7. The summed E-state index contributed by atoms with van der Waals surface area (Å²) in [6.07, 6.45) is 1.26. The van der Waals surface area contributed by atoms with E-state index in [-0.39, 0.29) is 23.6 Å². The van der Waals surface area contributed by atoms with Gasteiger partial charge in [0, 0.05) is 13.0 Å². The second-order valence-corrected chi connectivity index (χ2v) is 4.91. The smallest absolute Gasteiger partial charge is 0.227 e. The molecule has 0 aliphatic carbocycles. The van der Waals surface area contributed by atoms with Gasteiger partial charge in [-0.05, 0) is 11.5 Å². The highest BCUT2D eigenvalue weighted by Crippen LogP contribution is 2.26. The van der Waals surface area contributed by atoms with Crippen LogP contribution in [0.15, 0.2) is 35.5 Å². The van der Waals surface area contributed by atoms with Crippen molar-refractivity contribution in [2.75, 3.05) is 6.54 Å². The molecule has 0 saturated heterocycles. The normalized spacial score (nSPS) is 14.6. The first-order chi connectivity index (χ1) is 9.60. The molecule has 0 aliphatic heterocycles. The zero-order valence-corrected chi connectivity index (χ0v) is 12.0. The number of benzene rings is 1. The zero-order chi connectivity index (χ0) is 15.0. The van der Waals surface area contributed by atoms with E-state index in [0.717, 1.165) is 12.0 Å². The maximum atomic E-state index is 12.4. The van der Waals surface area contributed by atoms with Crippen LogP contribution in [0.25, 0.3) is 0 Å². The monoisotopic (exact) mass is 277 g/mol. The van der Waals surface area contributed by atoms with Crippen LogP contribution in [0.4, 0.5) is 0 Å². The third-order valence-corrected chi connectivity index (χ3v) is 3.46. The third-order valence-electron chi connectivity index (χ3n) is 3.46. The molecule has 1 amide bonds. The molecule has 0 aromatic heterocycles. The molecule has 0 radical (unpaired) electrons. The molecular weight excluding hydrogens is 254 g/mol. The van der Waals surface area contributed by atoms with Gasteiger partial charge in [0.2, 0.25) is 5.91 Å². The number of amidine groups is 1. The number of amides is 1. The standard InChI is InChI=1S/C15H23N3O2/c1-3-11(2)14(12-7-5-4-6-8-12)15(19)17-10-9-13(16)18-20/h4-8,11,14,20H,3,9-10H2,1-2H3,(H2,16,18)(H,17,19). The minimum atomic E-state index is -0.173. The van der Waals surface area contributed by atoms with E-state index in [1.807, 2.05) is 30.3 Å². The lowest BCUT2D eigenvalue weighted by Crippen LogP contribution is -2.34. The summed E-state index contributed by atoms with van der Waals surface area (Å²) in [7, 11) is 0. The Bertz CT molecular complexity index is 446. The predicted octanol–water partition coefficient (Wildman–Crippen LogP) is 2.07. The zero-order valence-electron chi connectivity index (χ0n) is 12.0. The van der Waals surface area contributed by atoms with Crippen LogP contribution in [0.5, 0.6) is 0 Å². The highest BCUT2D eigenvalue weighted by atomic mass is 16.4. The molecule has 5 heteroatoms. The average molecular weight is 277 g/mol. The summed E-state index contributed by atoms with van der Waals surface area (Å²) in [4.78, 5) is 12.4. The maximum absolute atomic E-state index is 12.4. The van der Waals surface area contributed by atoms with E-state index in [2.05, 4.69) is 24.3 Å². The van der Waals surface area contributed by atoms with Gasteiger partial charge in [-0.25, -0.2) is 0 Å². The SMILES string of the molecule is CCC(C)C(C(=O)NCCC(N)=NO)c1ccccc1. The Kier molecular flexibility index (Phi) is 6.56. The van der Waals surface area contributed by atoms with Crippen molar-refractivity contribution in [3.8, 4) is 0 Å². The van der Waals surface area contributed by atoms with Crippen molar-refractivity contribution in [3.05, 3.63) is 35.9 Å². The van der Waals surface area contributed by atoms with E-state index in [9.17, 15) is 4.79 Å². The number of hydrogen-bond acceptors (Lipinski definition) is 3. The Morgan fingerprint density at radius 1 is 1.40 bits per heavy atom. The molecule has 110 valence electrons. The van der Waals surface area contributed by atoms with Gasteiger partial charge in [0.25, 0.3) is 0 Å². The number of oxime groups is 1. The fourth-order valence-electron chi connectivity index (χ4n) is 2.11. The molecule has 0 spiro atoms. The molecule has 2 unspecified atom stereocenters. The number of carbonyl (C=O) groups excluding carboxylic acids is 1. The highest BCUT2D eigenvalue weighted by molar-refractivity contribution is 5.85. The fourth-order valence-corrected chi connectivity index (χ4v) is 2.11. The highest BCUT2D eigenvalue weighted by Gasteiger charge is 2.25. The second-order valence-electron chi connectivity index (χ2n) is 4.91. The van der Waals surface area contributed by atoms with Gasteiger partial charge in [-0.1, -0.05) is 55.8 Å². The molecular formula is C15H23N3O2. The molecule has 1 aromatic rings. The number of nitrogens with one attached hydrogen (secondary N) is 1. The van der Waals surface area contributed by atoms with Crippen molar-refractivity contribution < 1.29 is 10.0 Å². The van der Waals surface area contributed by atoms with Crippen LogP contribution in [0.3, 0.4) is 0 Å². The largest absolute Gasteiger partial charge is 0.409 e. The second kappa shape index (κ2) is 8.19. The number of nitrogens with two attached hydrogens (primary N) is 1. The summed E-state index contributed by atoms with van der Waals surface area (Å²) >= 11 is 0. The van der Waals surface area contributed by atoms with Crippen LogP contribution in [0.2, 0.25) is 0 Å². The van der Waals surface area contributed by atoms with E-state index in [4.69, 9.17) is 10.9 Å². The lowest BCUT2D eigenvalue weighted by Gasteiger charge is -2.22. The molecule has 0 heterocycles. The number of nitrogens with zero attached hydrogens (tertiary/aromatic N) is 1. The molecule has 0 bridgehead atoms. The molecule has 1 rings (SSSR count). The number of hydrogen-bond donors (Lipinski definition) is 3. The first kappa shape index (κ1) is 16.0. The van der Waals surface area contributed by atoms with Crippen LogP contribution in [-0.2, 0) is 4.79 Å². The Hall–Kier alpha value is -2.04. The molecule has 0 fully saturated rings. The van der Waals surface area contributed by atoms with E-state index in [1.165, 1.54) is 0 Å². The molecule has 0 aliphatic rings. The van der Waals surface area contributed by atoms with E-state index in [0.29, 0.717) is 13.0 Å². The Labute approximate surface area is 119 Å². The number of carbonyl (C=O) groups is 1. The summed E-state index contributed by atoms with van der Waals surface area (Å²) in [5.74, 6) is 0.177. The summed E-state index contributed by atoms with van der Waals surface area (Å²) < 4.78 is 0. The van der Waals surface area contributed by atoms with Crippen molar-refractivity contribution in [2.24, 2.45) is 16.8 Å². The summed E-state index contributed by atoms with van der Waals surface area (Å²) in [6, 6.07) is 9.76. The Morgan fingerprint density at radius 2 is 2.05 bits per heavy atom. The van der Waals surface area contributed by atoms with Crippen LogP contribution >= 0.6 is 0 Å². The van der Waals surface area contributed by atoms with E-state index in [1.54, 1.807) is 0 Å². The van der Waals surface area contributed by atoms with Crippen LogP contribution in [-0.4, -0.2) is 23.5 Å². The van der Waals surface area contributed by atoms with Crippen molar-refractivity contribution in [3.63, 3.8) is 0 Å². The lowest BCUT2D eigenvalue weighted by molar-refractivity contribution is -0.123. The average Bonchev–Trinajstić information content (AvgIpc) is 2.48. The van der Waals surface area contributed by atoms with E-state index < -0.39 is 0 Å². The third kappa shape index (κ3) is 4.57. The van der Waals surface area contributed by atoms with Crippen LogP contribution < -0.4 is 11.1 Å². The summed E-state index contributed by atoms with van der Waals surface area (Å²) in [5, 5.41) is 14.2. The van der Waals surface area contributed by atoms with Gasteiger partial charge in [-0.3, -0.25) is 4.79 Å². The lowest BCUT2D eigenvalue weighted by atomic mass is 9.85. The predicted molar refractivity (Wildman–Crippen MR) is 79.7 cm³/mol. The molecule has 20 heavy (non-hydrogen) atoms. The maximum Gasteiger partial charge on any atom is 0.227 e. The first-order valence-electron chi connectivity index (χ1n) is 6.89. The molecule has 4 N–H and O–H groups in total. The van der Waals surface area contributed by atoms with Gasteiger partial charge in [-0.2, -0.15) is 0 Å². The van der Waals surface area contributed by atoms with Gasteiger partial charge in [-0.15, -0.1) is 0 Å². The quantitative estimate of drug-likeness (QED) is 0.308. The topological polar surface area (TPSA) is 87.7 Å². The summed E-state index contributed by atoms with van der Waals surface area (Å²) in [5.41, 5.74) is 6.40. The Balaban J connectivity index is 2.72. The van der Waals surface area contributed by atoms with Gasteiger partial charge >= 0.3 is 0 Å². The molecule has 1 aromatic carbocycles. The van der Waals surface area contributed by atoms with Crippen molar-refractivity contribution in [2.45, 2.75) is 32.6 Å². The Morgan fingerprint density at radius 3 is 2.60 bits per heavy atom. The van der Waals surface area contributed by atoms with Gasteiger partial charge in [0.1, 0.15) is 5.84 Å². The van der Waals surface area contributed by atoms with Crippen molar-refractivity contribution >= 4 is 11.7 Å². The summed E-state index contributed by atoms with van der Waals surface area (Å²) in [6.45, 7) is 4.51. The van der Waals surface area contributed by atoms with Crippen LogP contribution in [0.1, 0.15) is 38.2 Å². The van der Waals surface area contributed by atoms with Crippen molar-refractivity contribution in [1.29, 1.82) is 0 Å². The molecule has 0 saturated carbocycles. The molecule has 2 atom stereocenters.